The number of rotatable bonds is 12. The van der Waals surface area contributed by atoms with Gasteiger partial charge in [-0.15, -0.1) is 0 Å². The molecule has 288 valence electrons. The summed E-state index contributed by atoms with van der Waals surface area (Å²) < 4.78 is 23.3. The van der Waals surface area contributed by atoms with Crippen LogP contribution in [-0.4, -0.2) is 118 Å². The lowest BCUT2D eigenvalue weighted by atomic mass is 9.73. The number of oxime groups is 1. The maximum atomic E-state index is 13.4. The van der Waals surface area contributed by atoms with E-state index in [2.05, 4.69) is 15.8 Å². The summed E-state index contributed by atoms with van der Waals surface area (Å²) in [5.41, 5.74) is -3.19. The molecule has 0 radical (unpaired) electrons. The number of esters is 1. The third-order valence-corrected chi connectivity index (χ3v) is 10.3. The molecule has 0 spiro atoms. The van der Waals surface area contributed by atoms with Gasteiger partial charge in [-0.25, -0.2) is 0 Å². The van der Waals surface area contributed by atoms with E-state index in [1.807, 2.05) is 26.0 Å². The maximum Gasteiger partial charge on any atom is 0.311 e. The minimum Gasteiger partial charge on any atom is -0.468 e. The predicted octanol–water partition coefficient (Wildman–Crippen LogP) is 2.10. The summed E-state index contributed by atoms with van der Waals surface area (Å²) in [6.07, 6.45) is -4.28. The largest absolute Gasteiger partial charge is 0.468 e. The molecule has 0 unspecified atom stereocenters. The van der Waals surface area contributed by atoms with Crippen molar-refractivity contribution in [3.63, 3.8) is 0 Å². The Hall–Kier alpha value is -2.14. The number of hydrogen-bond donors (Lipinski definition) is 7. The molecule has 1 aromatic heterocycles. The van der Waals surface area contributed by atoms with Crippen LogP contribution in [0.3, 0.4) is 0 Å². The lowest BCUT2D eigenvalue weighted by Gasteiger charge is -2.45. The molecule has 14 heteroatoms. The van der Waals surface area contributed by atoms with Crippen molar-refractivity contribution in [2.75, 3.05) is 26.2 Å². The van der Waals surface area contributed by atoms with Crippen molar-refractivity contribution in [1.29, 1.82) is 0 Å². The minimum absolute atomic E-state index is 0.0319. The summed E-state index contributed by atoms with van der Waals surface area (Å²) in [6.45, 7) is 16.0. The lowest BCUT2D eigenvalue weighted by molar-refractivity contribution is -0.289. The van der Waals surface area contributed by atoms with E-state index >= 15 is 0 Å². The van der Waals surface area contributed by atoms with Gasteiger partial charge in [-0.05, 0) is 65.5 Å². The van der Waals surface area contributed by atoms with Crippen LogP contribution in [-0.2, 0) is 30.4 Å². The van der Waals surface area contributed by atoms with Crippen molar-refractivity contribution >= 4 is 11.7 Å². The highest BCUT2D eigenvalue weighted by Gasteiger charge is 2.50. The normalized spacial score (nSPS) is 40.3. The van der Waals surface area contributed by atoms with Crippen LogP contribution in [0.4, 0.5) is 0 Å². The zero-order valence-corrected chi connectivity index (χ0v) is 31.1. The molecule has 7 N–H and O–H groups in total. The molecule has 0 saturated carbocycles. The zero-order chi connectivity index (χ0) is 37.2. The first-order chi connectivity index (χ1) is 23.5. The number of carbonyl (C=O) groups excluding carboxylic acids is 1. The minimum atomic E-state index is -1.89. The fourth-order valence-electron chi connectivity index (χ4n) is 7.16. The standard InChI is InChI=1S/C36H63N3O11/c1-9-28-36(8,45)31(42)23(4)29(39-47-18-16-37-14-15-38-20-26-11-10-17-46-26)21(2)19-35(7,44)32(24(5)30(41)25(6)33(43)49-28)50-34-27(40)13-12-22(3)48-34/h10-11,17,21-25,27-28,30-32,34,37-38,40-42,44-45H,9,12-16,18-20H2,1-8H3/b39-29+/t21-,22-,23+,24+,25-,27-,28-,30+,31-,32-,34+,35-,36-/m1/s1. The molecule has 2 aliphatic heterocycles. The fourth-order valence-corrected chi connectivity index (χ4v) is 7.16. The van der Waals surface area contributed by atoms with Gasteiger partial charge in [0.2, 0.25) is 0 Å². The summed E-state index contributed by atoms with van der Waals surface area (Å²) in [5.74, 6) is -3.16. The molecule has 1 aromatic rings. The van der Waals surface area contributed by atoms with Gasteiger partial charge in [-0.2, -0.15) is 0 Å². The SMILES string of the molecule is CC[C@H]1OC(=O)[C@H](C)[C@@H](O)[C@H](C)[C@@H](O[C@@H]2O[C@H](C)CC[C@H]2O)[C@](C)(O)C[C@@H](C)/C(=N\OCCNCCNCc2ccco2)[C@H](C)[C@@H](O)[C@]1(C)O. The number of nitrogens with zero attached hydrogens (tertiary/aromatic N) is 1. The molecule has 2 fully saturated rings. The number of aliphatic hydroxyl groups is 5. The van der Waals surface area contributed by atoms with E-state index in [1.165, 1.54) is 13.8 Å². The van der Waals surface area contributed by atoms with Crippen molar-refractivity contribution < 1.29 is 53.8 Å². The van der Waals surface area contributed by atoms with Gasteiger partial charge in [0.25, 0.3) is 0 Å². The predicted molar refractivity (Wildman–Crippen MR) is 186 cm³/mol. The van der Waals surface area contributed by atoms with Gasteiger partial charge in [-0.3, -0.25) is 4.79 Å². The topological polar surface area (TPSA) is 205 Å². The van der Waals surface area contributed by atoms with Gasteiger partial charge in [0.05, 0.1) is 54.5 Å². The van der Waals surface area contributed by atoms with E-state index in [-0.39, 0.29) is 25.6 Å². The van der Waals surface area contributed by atoms with Gasteiger partial charge in [0, 0.05) is 37.4 Å². The summed E-state index contributed by atoms with van der Waals surface area (Å²) in [6, 6.07) is 3.74. The monoisotopic (exact) mass is 713 g/mol. The number of nitrogens with one attached hydrogen (secondary N) is 2. The molecular formula is C36H63N3O11. The first-order valence-corrected chi connectivity index (χ1v) is 18.1. The van der Waals surface area contributed by atoms with Crippen LogP contribution in [0.1, 0.15) is 86.8 Å². The second kappa shape index (κ2) is 19.1. The first-order valence-electron chi connectivity index (χ1n) is 18.1. The smallest absolute Gasteiger partial charge is 0.311 e. The molecule has 3 heterocycles. The Morgan fingerprint density at radius 3 is 2.36 bits per heavy atom. The van der Waals surface area contributed by atoms with Crippen LogP contribution in [0, 0.1) is 23.7 Å². The average molecular weight is 714 g/mol. The first kappa shape index (κ1) is 42.3. The lowest BCUT2D eigenvalue weighted by Crippen LogP contribution is -2.58. The Morgan fingerprint density at radius 2 is 1.70 bits per heavy atom. The fraction of sp³-hybridized carbons (Fsp3) is 0.833. The van der Waals surface area contributed by atoms with E-state index in [1.54, 1.807) is 34.0 Å². The van der Waals surface area contributed by atoms with E-state index in [0.29, 0.717) is 44.7 Å². The van der Waals surface area contributed by atoms with Gasteiger partial charge < -0.3 is 59.6 Å². The van der Waals surface area contributed by atoms with Crippen LogP contribution >= 0.6 is 0 Å². The van der Waals surface area contributed by atoms with Gasteiger partial charge in [0.1, 0.15) is 30.2 Å². The molecular weight excluding hydrogens is 650 g/mol. The van der Waals surface area contributed by atoms with Crippen molar-refractivity contribution in [3.8, 4) is 0 Å². The highest BCUT2D eigenvalue weighted by atomic mass is 16.7. The zero-order valence-electron chi connectivity index (χ0n) is 31.1. The Morgan fingerprint density at radius 1 is 1.00 bits per heavy atom. The molecule has 2 aliphatic rings. The van der Waals surface area contributed by atoms with Crippen molar-refractivity contribution in [3.05, 3.63) is 24.2 Å². The highest BCUT2D eigenvalue weighted by Crippen LogP contribution is 2.37. The van der Waals surface area contributed by atoms with Gasteiger partial charge >= 0.3 is 5.97 Å². The molecule has 3 rings (SSSR count). The second-order valence-corrected chi connectivity index (χ2v) is 14.8. The Labute approximate surface area is 296 Å². The number of hydrogen-bond acceptors (Lipinski definition) is 14. The molecule has 50 heavy (non-hydrogen) atoms. The Kier molecular flexibility index (Phi) is 16.1. The van der Waals surface area contributed by atoms with Crippen LogP contribution in [0.15, 0.2) is 28.0 Å². The maximum absolute atomic E-state index is 13.4. The molecule has 0 aromatic carbocycles. The van der Waals surface area contributed by atoms with E-state index < -0.39 is 77.7 Å². The van der Waals surface area contributed by atoms with Crippen molar-refractivity contribution in [2.45, 2.75) is 142 Å². The van der Waals surface area contributed by atoms with Gasteiger partial charge in [-0.1, -0.05) is 32.9 Å². The quantitative estimate of drug-likeness (QED) is 0.0943. The summed E-state index contributed by atoms with van der Waals surface area (Å²) >= 11 is 0. The number of ether oxygens (including phenoxy) is 3. The summed E-state index contributed by atoms with van der Waals surface area (Å²) in [4.78, 5) is 19.1. The number of cyclic esters (lactones) is 1. The number of aliphatic hydroxyl groups excluding tert-OH is 3. The number of furan rings is 1. The van der Waals surface area contributed by atoms with E-state index in [4.69, 9.17) is 23.5 Å². The van der Waals surface area contributed by atoms with E-state index in [9.17, 15) is 30.3 Å². The molecule has 13 atom stereocenters. The summed E-state index contributed by atoms with van der Waals surface area (Å²) in [7, 11) is 0. The van der Waals surface area contributed by atoms with Crippen molar-refractivity contribution in [1.82, 2.24) is 10.6 Å². The average Bonchev–Trinajstić information content (AvgIpc) is 3.59. The van der Waals surface area contributed by atoms with Crippen molar-refractivity contribution in [2.24, 2.45) is 28.8 Å². The summed E-state index contributed by atoms with van der Waals surface area (Å²) in [5, 5.41) is 68.6. The molecule has 14 nitrogen and oxygen atoms in total. The van der Waals surface area contributed by atoms with Gasteiger partial charge in [0.15, 0.2) is 6.29 Å². The van der Waals surface area contributed by atoms with Crippen LogP contribution < -0.4 is 10.6 Å². The third-order valence-electron chi connectivity index (χ3n) is 10.3. The second-order valence-electron chi connectivity index (χ2n) is 14.8. The van der Waals surface area contributed by atoms with Crippen LogP contribution in [0.5, 0.6) is 0 Å². The molecule has 2 saturated heterocycles. The Balaban J connectivity index is 1.86. The highest BCUT2D eigenvalue weighted by molar-refractivity contribution is 5.88. The van der Waals surface area contributed by atoms with E-state index in [0.717, 1.165) is 5.76 Å². The Bertz CT molecular complexity index is 1180. The molecule has 0 bridgehead atoms. The molecule has 0 amide bonds. The van der Waals surface area contributed by atoms with Crippen LogP contribution in [0.2, 0.25) is 0 Å². The van der Waals surface area contributed by atoms with Crippen LogP contribution in [0.25, 0.3) is 0 Å². The molecule has 0 aliphatic carbocycles. The number of carbonyl (C=O) groups is 1. The third kappa shape index (κ3) is 11.2.